The standard InChI is InChI=1S/C17H24BrN3O3/c1-13-12-20(14(2)22)8-9-21(13)17(23)19(3)10-11-24-16-6-4-15(18)5-7-16/h4-7,13H,8-12H2,1-3H3/t13-/m1/s1. The highest BCUT2D eigenvalue weighted by Gasteiger charge is 2.30. The number of amides is 3. The summed E-state index contributed by atoms with van der Waals surface area (Å²) in [6.45, 7) is 6.23. The van der Waals surface area contributed by atoms with E-state index in [0.29, 0.717) is 32.8 Å². The van der Waals surface area contributed by atoms with E-state index in [4.69, 9.17) is 4.74 Å². The number of likely N-dealkylation sites (N-methyl/N-ethyl adjacent to an activating group) is 1. The van der Waals surface area contributed by atoms with Crippen LogP contribution in [-0.4, -0.2) is 72.5 Å². The zero-order valence-electron chi connectivity index (χ0n) is 14.4. The molecule has 6 nitrogen and oxygen atoms in total. The van der Waals surface area contributed by atoms with Crippen molar-refractivity contribution in [3.8, 4) is 5.75 Å². The first-order chi connectivity index (χ1) is 11.4. The number of ether oxygens (including phenoxy) is 1. The first-order valence-electron chi connectivity index (χ1n) is 8.04. The summed E-state index contributed by atoms with van der Waals surface area (Å²) in [6.07, 6.45) is 0. The molecule has 0 unspecified atom stereocenters. The normalized spacial score (nSPS) is 17.6. The van der Waals surface area contributed by atoms with Crippen LogP contribution in [-0.2, 0) is 4.79 Å². The van der Waals surface area contributed by atoms with Gasteiger partial charge in [-0.1, -0.05) is 15.9 Å². The lowest BCUT2D eigenvalue weighted by Crippen LogP contribution is -2.57. The Labute approximate surface area is 151 Å². The highest BCUT2D eigenvalue weighted by atomic mass is 79.9. The lowest BCUT2D eigenvalue weighted by molar-refractivity contribution is -0.131. The molecule has 1 atom stereocenters. The Morgan fingerprint density at radius 2 is 1.96 bits per heavy atom. The largest absolute Gasteiger partial charge is 0.492 e. The topological polar surface area (TPSA) is 53.1 Å². The van der Waals surface area contributed by atoms with Gasteiger partial charge in [0.2, 0.25) is 5.91 Å². The van der Waals surface area contributed by atoms with Gasteiger partial charge < -0.3 is 19.4 Å². The average Bonchev–Trinajstić information content (AvgIpc) is 2.55. The molecule has 1 saturated heterocycles. The van der Waals surface area contributed by atoms with Crippen molar-refractivity contribution in [3.63, 3.8) is 0 Å². The van der Waals surface area contributed by atoms with E-state index in [1.165, 1.54) is 0 Å². The second-order valence-corrected chi connectivity index (χ2v) is 6.93. The molecule has 0 aliphatic carbocycles. The van der Waals surface area contributed by atoms with E-state index in [1.54, 1.807) is 23.8 Å². The summed E-state index contributed by atoms with van der Waals surface area (Å²) in [4.78, 5) is 29.3. The van der Waals surface area contributed by atoms with Crippen LogP contribution >= 0.6 is 15.9 Å². The molecular weight excluding hydrogens is 374 g/mol. The van der Waals surface area contributed by atoms with Crippen LogP contribution in [0.25, 0.3) is 0 Å². The second kappa shape index (κ2) is 8.37. The Kier molecular flexibility index (Phi) is 6.48. The maximum absolute atomic E-state index is 12.6. The molecule has 1 fully saturated rings. The summed E-state index contributed by atoms with van der Waals surface area (Å²) in [7, 11) is 1.78. The summed E-state index contributed by atoms with van der Waals surface area (Å²) >= 11 is 3.38. The van der Waals surface area contributed by atoms with Gasteiger partial charge in [-0.05, 0) is 31.2 Å². The third-order valence-corrected chi connectivity index (χ3v) is 4.68. The van der Waals surface area contributed by atoms with Crippen LogP contribution in [0.1, 0.15) is 13.8 Å². The van der Waals surface area contributed by atoms with Crippen molar-refractivity contribution >= 4 is 27.9 Å². The Morgan fingerprint density at radius 3 is 2.54 bits per heavy atom. The molecule has 132 valence electrons. The van der Waals surface area contributed by atoms with Gasteiger partial charge in [0.05, 0.1) is 6.54 Å². The number of halogens is 1. The summed E-state index contributed by atoms with van der Waals surface area (Å²) in [5.74, 6) is 0.840. The molecule has 0 bridgehead atoms. The van der Waals surface area contributed by atoms with Crippen LogP contribution in [0.4, 0.5) is 4.79 Å². The van der Waals surface area contributed by atoms with E-state index in [2.05, 4.69) is 15.9 Å². The van der Waals surface area contributed by atoms with Crippen LogP contribution in [0.5, 0.6) is 5.75 Å². The predicted molar refractivity (Wildman–Crippen MR) is 96.1 cm³/mol. The SMILES string of the molecule is CC(=O)N1CCN(C(=O)N(C)CCOc2ccc(Br)cc2)[C@H](C)C1. The lowest BCUT2D eigenvalue weighted by Gasteiger charge is -2.41. The fourth-order valence-corrected chi connectivity index (χ4v) is 2.94. The van der Waals surface area contributed by atoms with Crippen molar-refractivity contribution < 1.29 is 14.3 Å². The monoisotopic (exact) mass is 397 g/mol. The van der Waals surface area contributed by atoms with Crippen molar-refractivity contribution in [2.45, 2.75) is 19.9 Å². The number of piperazine rings is 1. The fourth-order valence-electron chi connectivity index (χ4n) is 2.67. The van der Waals surface area contributed by atoms with E-state index in [1.807, 2.05) is 36.1 Å². The molecule has 7 heteroatoms. The summed E-state index contributed by atoms with van der Waals surface area (Å²) in [6, 6.07) is 7.60. The predicted octanol–water partition coefficient (Wildman–Crippen LogP) is 2.43. The molecule has 0 N–H and O–H groups in total. The van der Waals surface area contributed by atoms with E-state index >= 15 is 0 Å². The first kappa shape index (κ1) is 18.6. The summed E-state index contributed by atoms with van der Waals surface area (Å²) in [5, 5.41) is 0. The van der Waals surface area contributed by atoms with Crippen molar-refractivity contribution in [3.05, 3.63) is 28.7 Å². The number of rotatable bonds is 4. The smallest absolute Gasteiger partial charge is 0.320 e. The zero-order chi connectivity index (χ0) is 17.7. The average molecular weight is 398 g/mol. The Balaban J connectivity index is 1.79. The van der Waals surface area contributed by atoms with Gasteiger partial charge >= 0.3 is 6.03 Å². The first-order valence-corrected chi connectivity index (χ1v) is 8.83. The highest BCUT2D eigenvalue weighted by molar-refractivity contribution is 9.10. The number of benzene rings is 1. The van der Waals surface area contributed by atoms with Crippen molar-refractivity contribution in [1.82, 2.24) is 14.7 Å². The molecule has 0 aromatic heterocycles. The maximum Gasteiger partial charge on any atom is 0.320 e. The highest BCUT2D eigenvalue weighted by Crippen LogP contribution is 2.16. The van der Waals surface area contributed by atoms with E-state index < -0.39 is 0 Å². The summed E-state index contributed by atoms with van der Waals surface area (Å²) in [5.41, 5.74) is 0. The molecule has 3 amide bonds. The van der Waals surface area contributed by atoms with Crippen LogP contribution in [0.15, 0.2) is 28.7 Å². The molecule has 0 saturated carbocycles. The molecule has 24 heavy (non-hydrogen) atoms. The third-order valence-electron chi connectivity index (χ3n) is 4.15. The van der Waals surface area contributed by atoms with Gasteiger partial charge in [0, 0.05) is 44.1 Å². The molecule has 1 aromatic carbocycles. The molecule has 0 radical (unpaired) electrons. The Bertz CT molecular complexity index is 579. The van der Waals surface area contributed by atoms with Crippen LogP contribution in [0.3, 0.4) is 0 Å². The number of hydrogen-bond acceptors (Lipinski definition) is 3. The minimum Gasteiger partial charge on any atom is -0.492 e. The van der Waals surface area contributed by atoms with Gasteiger partial charge in [0.1, 0.15) is 12.4 Å². The Hall–Kier alpha value is -1.76. The van der Waals surface area contributed by atoms with Gasteiger partial charge in [0.15, 0.2) is 0 Å². The fraction of sp³-hybridized carbons (Fsp3) is 0.529. The molecule has 1 aromatic rings. The van der Waals surface area contributed by atoms with Gasteiger partial charge in [-0.25, -0.2) is 4.79 Å². The minimum atomic E-state index is -0.0230. The van der Waals surface area contributed by atoms with Gasteiger partial charge in [0.25, 0.3) is 0 Å². The molecule has 1 heterocycles. The quantitative estimate of drug-likeness (QED) is 0.783. The van der Waals surface area contributed by atoms with E-state index in [9.17, 15) is 9.59 Å². The number of carbonyl (C=O) groups is 2. The third kappa shape index (κ3) is 4.87. The zero-order valence-corrected chi connectivity index (χ0v) is 16.0. The van der Waals surface area contributed by atoms with Crippen molar-refractivity contribution in [1.29, 1.82) is 0 Å². The second-order valence-electron chi connectivity index (χ2n) is 6.01. The van der Waals surface area contributed by atoms with Crippen LogP contribution in [0, 0.1) is 0 Å². The Morgan fingerprint density at radius 1 is 1.29 bits per heavy atom. The molecule has 2 rings (SSSR count). The molecular formula is C17H24BrN3O3. The lowest BCUT2D eigenvalue weighted by atomic mass is 10.2. The minimum absolute atomic E-state index is 0.0185. The molecule has 1 aliphatic heterocycles. The van der Waals surface area contributed by atoms with Crippen molar-refractivity contribution in [2.24, 2.45) is 0 Å². The van der Waals surface area contributed by atoms with E-state index in [0.717, 1.165) is 10.2 Å². The number of carbonyl (C=O) groups excluding carboxylic acids is 2. The maximum atomic E-state index is 12.6. The number of hydrogen-bond donors (Lipinski definition) is 0. The van der Waals surface area contributed by atoms with Gasteiger partial charge in [-0.2, -0.15) is 0 Å². The number of nitrogens with zero attached hydrogens (tertiary/aromatic N) is 3. The summed E-state index contributed by atoms with van der Waals surface area (Å²) < 4.78 is 6.66. The molecule has 1 aliphatic rings. The number of urea groups is 1. The van der Waals surface area contributed by atoms with Crippen molar-refractivity contribution in [2.75, 3.05) is 39.8 Å². The van der Waals surface area contributed by atoms with Gasteiger partial charge in [-0.3, -0.25) is 4.79 Å². The van der Waals surface area contributed by atoms with E-state index in [-0.39, 0.29) is 18.0 Å². The van der Waals surface area contributed by atoms with Crippen LogP contribution in [0.2, 0.25) is 0 Å². The molecule has 0 spiro atoms. The van der Waals surface area contributed by atoms with Gasteiger partial charge in [-0.15, -0.1) is 0 Å². The van der Waals surface area contributed by atoms with Crippen LogP contribution < -0.4 is 4.74 Å².